The Morgan fingerprint density at radius 2 is 2.50 bits per heavy atom. The minimum Gasteiger partial charge on any atom is -0.329 e. The van der Waals surface area contributed by atoms with Gasteiger partial charge >= 0.3 is 0 Å². The number of nitrogens with two attached hydrogens (primary N) is 1. The van der Waals surface area contributed by atoms with E-state index < -0.39 is 0 Å². The van der Waals surface area contributed by atoms with Crippen LogP contribution in [-0.2, 0) is 0 Å². The third-order valence-electron chi connectivity index (χ3n) is 0.441. The molecule has 0 fully saturated rings. The maximum absolute atomic E-state index is 5.10. The van der Waals surface area contributed by atoms with Crippen molar-refractivity contribution < 1.29 is 0 Å². The van der Waals surface area contributed by atoms with Gasteiger partial charge in [-0.2, -0.15) is 0 Å². The highest BCUT2D eigenvalue weighted by Gasteiger charge is 1.64. The average Bonchev–Trinajstić information content (AvgIpc) is 1.61. The lowest BCUT2D eigenvalue weighted by Crippen LogP contribution is -2.01. The van der Waals surface area contributed by atoms with E-state index in [1.807, 2.05) is 6.92 Å². The molecule has 0 atom stereocenters. The second kappa shape index (κ2) is 4.63. The van der Waals surface area contributed by atoms with E-state index in [9.17, 15) is 0 Å². The fourth-order valence-corrected chi connectivity index (χ4v) is 0.204. The highest BCUT2D eigenvalue weighted by Crippen LogP contribution is 1.57. The molecule has 0 aromatic carbocycles. The Hall–Kier alpha value is -0.370. The van der Waals surface area contributed by atoms with Crippen LogP contribution in [0.25, 0.3) is 0 Å². The molecular formula is C4H10N2. The van der Waals surface area contributed by atoms with Gasteiger partial charge in [-0.1, -0.05) is 0 Å². The molecule has 0 spiro atoms. The average molecular weight is 86.1 g/mol. The lowest BCUT2D eigenvalue weighted by molar-refractivity contribution is 0.980. The first-order valence-electron chi connectivity index (χ1n) is 2.06. The van der Waals surface area contributed by atoms with Gasteiger partial charge in [-0.05, 0) is 13.1 Å². The summed E-state index contributed by atoms with van der Waals surface area (Å²) in [5.41, 5.74) is 5.10. The molecule has 2 nitrogen and oxygen atoms in total. The largest absolute Gasteiger partial charge is 0.329 e. The summed E-state index contributed by atoms with van der Waals surface area (Å²) in [5.74, 6) is 0. The van der Waals surface area contributed by atoms with Crippen LogP contribution >= 0.6 is 0 Å². The van der Waals surface area contributed by atoms with Crippen molar-refractivity contribution in [1.82, 2.24) is 0 Å². The van der Waals surface area contributed by atoms with Gasteiger partial charge in [0.15, 0.2) is 0 Å². The van der Waals surface area contributed by atoms with E-state index in [0.717, 1.165) is 6.54 Å². The predicted molar refractivity (Wildman–Crippen MR) is 28.1 cm³/mol. The van der Waals surface area contributed by atoms with Gasteiger partial charge in [-0.25, -0.2) is 0 Å². The molecule has 2 N–H and O–H groups in total. The predicted octanol–water partition coefficient (Wildman–Crippen LogP) is 0.0358. The molecule has 0 heterocycles. The SMILES string of the molecule is C/C=N\CCN. The van der Waals surface area contributed by atoms with Gasteiger partial charge in [-0.15, -0.1) is 0 Å². The van der Waals surface area contributed by atoms with Crippen LogP contribution in [0.3, 0.4) is 0 Å². The van der Waals surface area contributed by atoms with Crippen molar-refractivity contribution in [3.63, 3.8) is 0 Å². The zero-order valence-electron chi connectivity index (χ0n) is 4.02. The van der Waals surface area contributed by atoms with Gasteiger partial charge in [-0.3, -0.25) is 4.99 Å². The van der Waals surface area contributed by atoms with Crippen molar-refractivity contribution in [2.24, 2.45) is 10.7 Å². The Kier molecular flexibility index (Phi) is 4.34. The lowest BCUT2D eigenvalue weighted by atomic mass is 10.7. The van der Waals surface area contributed by atoms with Gasteiger partial charge in [0.2, 0.25) is 0 Å². The zero-order chi connectivity index (χ0) is 4.83. The number of hydrogen-bond acceptors (Lipinski definition) is 2. The molecule has 0 aliphatic heterocycles. The van der Waals surface area contributed by atoms with Gasteiger partial charge in [0.25, 0.3) is 0 Å². The summed E-state index contributed by atoms with van der Waals surface area (Å²) in [5, 5.41) is 0. The fourth-order valence-electron chi connectivity index (χ4n) is 0.204. The summed E-state index contributed by atoms with van der Waals surface area (Å²) >= 11 is 0. The molecule has 0 saturated carbocycles. The van der Waals surface area contributed by atoms with E-state index in [2.05, 4.69) is 4.99 Å². The van der Waals surface area contributed by atoms with E-state index in [4.69, 9.17) is 5.73 Å². The molecule has 0 unspecified atom stereocenters. The Labute approximate surface area is 38.1 Å². The molecular weight excluding hydrogens is 76.1 g/mol. The van der Waals surface area contributed by atoms with Crippen LogP contribution in [0.5, 0.6) is 0 Å². The van der Waals surface area contributed by atoms with Crippen LogP contribution in [0, 0.1) is 0 Å². The van der Waals surface area contributed by atoms with Gasteiger partial charge < -0.3 is 5.73 Å². The van der Waals surface area contributed by atoms with Crippen LogP contribution in [0.15, 0.2) is 4.99 Å². The Morgan fingerprint density at radius 1 is 1.83 bits per heavy atom. The maximum atomic E-state index is 5.10. The molecule has 0 aliphatic carbocycles. The van der Waals surface area contributed by atoms with Crippen LogP contribution in [-0.4, -0.2) is 19.3 Å². The highest BCUT2D eigenvalue weighted by atomic mass is 14.7. The molecule has 0 aromatic rings. The van der Waals surface area contributed by atoms with Crippen LogP contribution in [0.1, 0.15) is 6.92 Å². The molecule has 6 heavy (non-hydrogen) atoms. The smallest absolute Gasteiger partial charge is 0.0507 e. The minimum atomic E-state index is 0.657. The molecule has 0 aliphatic rings. The summed E-state index contributed by atoms with van der Waals surface area (Å²) < 4.78 is 0. The van der Waals surface area contributed by atoms with Crippen molar-refractivity contribution in [1.29, 1.82) is 0 Å². The molecule has 36 valence electrons. The summed E-state index contributed by atoms with van der Waals surface area (Å²) in [6.07, 6.45) is 1.76. The normalized spacial score (nSPS) is 10.3. The van der Waals surface area contributed by atoms with Crippen molar-refractivity contribution in [3.05, 3.63) is 0 Å². The minimum absolute atomic E-state index is 0.657. The van der Waals surface area contributed by atoms with Crippen LogP contribution < -0.4 is 5.73 Å². The van der Waals surface area contributed by atoms with Crippen molar-refractivity contribution in [3.8, 4) is 0 Å². The van der Waals surface area contributed by atoms with E-state index in [1.165, 1.54) is 0 Å². The third kappa shape index (κ3) is 3.63. The summed E-state index contributed by atoms with van der Waals surface area (Å²) in [4.78, 5) is 3.84. The Morgan fingerprint density at radius 3 is 2.67 bits per heavy atom. The third-order valence-corrected chi connectivity index (χ3v) is 0.441. The van der Waals surface area contributed by atoms with Crippen molar-refractivity contribution in [2.75, 3.05) is 13.1 Å². The summed E-state index contributed by atoms with van der Waals surface area (Å²) in [6.45, 7) is 3.30. The molecule has 2 heteroatoms. The number of rotatable bonds is 2. The second-order valence-electron chi connectivity index (χ2n) is 0.953. The monoisotopic (exact) mass is 86.1 g/mol. The second-order valence-corrected chi connectivity index (χ2v) is 0.953. The highest BCUT2D eigenvalue weighted by molar-refractivity contribution is 5.53. The van der Waals surface area contributed by atoms with E-state index in [1.54, 1.807) is 6.21 Å². The maximum Gasteiger partial charge on any atom is 0.0507 e. The quantitative estimate of drug-likeness (QED) is 0.473. The first-order valence-corrected chi connectivity index (χ1v) is 2.06. The van der Waals surface area contributed by atoms with Gasteiger partial charge in [0.05, 0.1) is 6.54 Å². The fraction of sp³-hybridized carbons (Fsp3) is 0.750. The standard InChI is InChI=1S/C4H10N2/c1-2-6-4-3-5/h2H,3-5H2,1H3/b6-2-. The van der Waals surface area contributed by atoms with Crippen LogP contribution in [0.2, 0.25) is 0 Å². The number of nitrogens with zero attached hydrogens (tertiary/aromatic N) is 1. The lowest BCUT2D eigenvalue weighted by Gasteiger charge is -1.78. The number of aliphatic imine (C=N–C) groups is 1. The molecule has 0 radical (unpaired) electrons. The van der Waals surface area contributed by atoms with E-state index >= 15 is 0 Å². The molecule has 0 bridgehead atoms. The molecule has 0 amide bonds. The molecule has 0 rings (SSSR count). The molecule has 0 aromatic heterocycles. The van der Waals surface area contributed by atoms with Crippen molar-refractivity contribution >= 4 is 6.21 Å². The molecule has 0 saturated heterocycles. The topological polar surface area (TPSA) is 38.4 Å². The Bertz CT molecular complexity index is 40.8. The first kappa shape index (κ1) is 5.63. The first-order chi connectivity index (χ1) is 2.91. The zero-order valence-corrected chi connectivity index (χ0v) is 4.02. The summed E-state index contributed by atoms with van der Waals surface area (Å²) in [7, 11) is 0. The summed E-state index contributed by atoms with van der Waals surface area (Å²) in [6, 6.07) is 0. The van der Waals surface area contributed by atoms with Crippen LogP contribution in [0.4, 0.5) is 0 Å². The van der Waals surface area contributed by atoms with Crippen molar-refractivity contribution in [2.45, 2.75) is 6.92 Å². The number of hydrogen-bond donors (Lipinski definition) is 1. The Balaban J connectivity index is 2.66. The van der Waals surface area contributed by atoms with Gasteiger partial charge in [0.1, 0.15) is 0 Å². The van der Waals surface area contributed by atoms with E-state index in [0.29, 0.717) is 6.54 Å². The van der Waals surface area contributed by atoms with E-state index in [-0.39, 0.29) is 0 Å². The van der Waals surface area contributed by atoms with Gasteiger partial charge in [0, 0.05) is 6.54 Å².